The highest BCUT2D eigenvalue weighted by Gasteiger charge is 2.42. The minimum Gasteiger partial charge on any atom is -0.379 e. The minimum absolute atomic E-state index is 0.0156. The fourth-order valence-electron chi connectivity index (χ4n) is 9.24. The Morgan fingerprint density at radius 3 is 1.83 bits per heavy atom. The van der Waals surface area contributed by atoms with Gasteiger partial charge in [0.25, 0.3) is 27.7 Å². The van der Waals surface area contributed by atoms with Gasteiger partial charge in [-0.2, -0.15) is 0 Å². The van der Waals surface area contributed by atoms with Crippen LogP contribution in [0.3, 0.4) is 0 Å². The Balaban J connectivity index is 1.36. The number of rotatable bonds is 35. The van der Waals surface area contributed by atoms with E-state index in [4.69, 9.17) is 19.9 Å². The van der Waals surface area contributed by atoms with Gasteiger partial charge in [0, 0.05) is 48.7 Å². The molecule has 0 spiro atoms. The number of hydrogen-bond acceptors (Lipinski definition) is 15. The average Bonchev–Trinajstić information content (AvgIpc) is 3.49. The van der Waals surface area contributed by atoms with Crippen LogP contribution in [0.4, 0.5) is 5.69 Å². The van der Waals surface area contributed by atoms with Crippen LogP contribution in [0.2, 0.25) is 0 Å². The van der Waals surface area contributed by atoms with Crippen molar-refractivity contribution in [1.82, 2.24) is 35.8 Å². The molecule has 460 valence electrons. The number of carbonyl (C=O) groups excluding carboxylic acids is 8. The second-order valence-corrected chi connectivity index (χ2v) is 24.2. The summed E-state index contributed by atoms with van der Waals surface area (Å²) < 4.78 is 45.9. The molecule has 0 saturated heterocycles. The molecule has 0 aliphatic carbocycles. The van der Waals surface area contributed by atoms with Crippen molar-refractivity contribution >= 4 is 63.0 Å². The van der Waals surface area contributed by atoms with Gasteiger partial charge >= 0.3 is 0 Å². The van der Waals surface area contributed by atoms with Crippen molar-refractivity contribution < 1.29 is 61.0 Å². The van der Waals surface area contributed by atoms with Gasteiger partial charge in [0.2, 0.25) is 29.5 Å². The number of imide groups is 1. The highest BCUT2D eigenvalue weighted by molar-refractivity contribution is 7.90. The van der Waals surface area contributed by atoms with Crippen LogP contribution in [0, 0.1) is 11.3 Å². The third-order valence-corrected chi connectivity index (χ3v) is 15.5. The molecule has 22 nitrogen and oxygen atoms in total. The molecule has 3 aromatic carbocycles. The quantitative estimate of drug-likeness (QED) is 0.0251. The molecule has 1 aliphatic rings. The first-order chi connectivity index (χ1) is 39.7. The number of benzene rings is 3. The molecule has 8 amide bonds. The van der Waals surface area contributed by atoms with E-state index in [9.17, 15) is 46.8 Å². The molecule has 0 fully saturated rings. The molecule has 0 radical (unpaired) electrons. The summed E-state index contributed by atoms with van der Waals surface area (Å²) >= 11 is 0. The number of nitrogens with two attached hydrogens (primary N) is 1. The van der Waals surface area contributed by atoms with E-state index < -0.39 is 80.6 Å². The summed E-state index contributed by atoms with van der Waals surface area (Å²) in [5, 5.41) is 14.4. The van der Waals surface area contributed by atoms with E-state index in [0.717, 1.165) is 16.0 Å². The van der Waals surface area contributed by atoms with Crippen LogP contribution in [0.25, 0.3) is 0 Å². The highest BCUT2D eigenvalue weighted by atomic mass is 32.2. The number of nitrogens with zero attached hydrogens (tertiary/aromatic N) is 2. The number of hydrogen-bond donors (Lipinski definition) is 7. The molecule has 1 aliphatic heterocycles. The van der Waals surface area contributed by atoms with Crippen molar-refractivity contribution in [2.75, 3.05) is 72.1 Å². The van der Waals surface area contributed by atoms with Crippen molar-refractivity contribution in [1.29, 1.82) is 0 Å². The largest absolute Gasteiger partial charge is 0.379 e. The Hall–Kier alpha value is -7.15. The van der Waals surface area contributed by atoms with E-state index in [1.54, 1.807) is 38.4 Å². The smallest absolute Gasteiger partial charge is 0.264 e. The second kappa shape index (κ2) is 33.4. The van der Waals surface area contributed by atoms with Gasteiger partial charge in [-0.15, -0.1) is 0 Å². The van der Waals surface area contributed by atoms with Gasteiger partial charge in [-0.25, -0.2) is 13.1 Å². The van der Waals surface area contributed by atoms with Gasteiger partial charge in [0.1, 0.15) is 18.1 Å². The summed E-state index contributed by atoms with van der Waals surface area (Å²) in [7, 11) is -1.20. The lowest BCUT2D eigenvalue weighted by atomic mass is 9.76. The van der Waals surface area contributed by atoms with E-state index in [0.29, 0.717) is 19.4 Å². The number of anilines is 1. The maximum atomic E-state index is 14.4. The molecule has 3 aromatic rings. The van der Waals surface area contributed by atoms with Gasteiger partial charge in [0.05, 0.1) is 63.2 Å². The fraction of sp³-hybridized carbons (Fsp3) is 0.508. The topological polar surface area (TPSA) is 303 Å². The maximum absolute atomic E-state index is 14.4. The van der Waals surface area contributed by atoms with Crippen molar-refractivity contribution in [2.24, 2.45) is 17.1 Å². The van der Waals surface area contributed by atoms with E-state index in [2.05, 4.69) is 31.3 Å². The lowest BCUT2D eigenvalue weighted by Crippen LogP contribution is -2.61. The van der Waals surface area contributed by atoms with Crippen LogP contribution < -0.4 is 37.0 Å². The van der Waals surface area contributed by atoms with E-state index >= 15 is 0 Å². The first kappa shape index (κ1) is 69.3. The molecule has 23 heteroatoms. The van der Waals surface area contributed by atoms with E-state index in [1.807, 2.05) is 84.9 Å². The Bertz CT molecular complexity index is 2840. The fourth-order valence-corrected chi connectivity index (χ4v) is 10.3. The number of carbonyl (C=O) groups is 8. The Morgan fingerprint density at radius 1 is 0.702 bits per heavy atom. The molecule has 4 rings (SSSR count). The zero-order chi connectivity index (χ0) is 62.2. The van der Waals surface area contributed by atoms with E-state index in [-0.39, 0.29) is 105 Å². The molecule has 8 N–H and O–H groups in total. The number of nitrogens with one attached hydrogen (secondary N) is 6. The highest BCUT2D eigenvalue weighted by Crippen LogP contribution is 2.29. The summed E-state index contributed by atoms with van der Waals surface area (Å²) in [5.74, 6) is -4.42. The van der Waals surface area contributed by atoms with Crippen molar-refractivity contribution in [3.8, 4) is 0 Å². The zero-order valence-corrected chi connectivity index (χ0v) is 51.0. The normalized spacial score (nSPS) is 14.8. The van der Waals surface area contributed by atoms with Crippen LogP contribution in [0.1, 0.15) is 92.2 Å². The second-order valence-electron chi connectivity index (χ2n) is 22.5. The number of ether oxygens (including phenoxy) is 3. The number of likely N-dealkylation sites (N-methyl/N-ethyl adjacent to an activating group) is 2. The molecule has 0 aromatic heterocycles. The first-order valence-electron chi connectivity index (χ1n) is 28.3. The van der Waals surface area contributed by atoms with Crippen molar-refractivity contribution in [3.63, 3.8) is 0 Å². The van der Waals surface area contributed by atoms with Crippen molar-refractivity contribution in [2.45, 2.75) is 128 Å². The average molecular weight is 1190 g/mol. The van der Waals surface area contributed by atoms with Crippen LogP contribution in [0.15, 0.2) is 114 Å². The standard InChI is InChI=1S/C61H87N9O13S/c1-41(2)49(69(10)59(78)54(60(4,5)6)67-58(77)53(63-9)61(7,8)44-21-15-12-16-22-44)39-42(3)55(74)68-84(79,80)46-26-24-45(25-27-46)64-56(75)47(23-17-18-31-62)66-57(76)48(40-43-19-13-11-14-20-43)65-50(71)30-33-81-35-37-83-38-36-82-34-32-70-51(72)28-29-52(70)73/h11-16,19-22,24-29,39,41,47-49,53-54,63H,17-18,23,30-38,40,62H2,1-10H3,(H,64,75)(H,65,71)(H,66,76)(H,67,77)(H,68,74)/b42-39+/t47-,48-,49+,53+,54+/m0/s1. The van der Waals surface area contributed by atoms with Gasteiger partial charge in [0.15, 0.2) is 0 Å². The maximum Gasteiger partial charge on any atom is 0.264 e. The van der Waals surface area contributed by atoms with E-state index in [1.165, 1.54) is 54.3 Å². The molecule has 0 unspecified atom stereocenters. The third-order valence-electron chi connectivity index (χ3n) is 14.2. The van der Waals surface area contributed by atoms with Crippen LogP contribution in [-0.4, -0.2) is 163 Å². The van der Waals surface area contributed by atoms with Crippen LogP contribution in [-0.2, 0) is 74.4 Å². The van der Waals surface area contributed by atoms with Crippen LogP contribution in [0.5, 0.6) is 0 Å². The summed E-state index contributed by atoms with van der Waals surface area (Å²) in [6, 6.07) is 19.2. The molecular formula is C61H87N9O13S. The Kier molecular flexibility index (Phi) is 27.5. The predicted octanol–water partition coefficient (Wildman–Crippen LogP) is 3.66. The lowest BCUT2D eigenvalue weighted by molar-refractivity contribution is -0.141. The molecule has 5 atom stereocenters. The Labute approximate surface area is 494 Å². The molecular weight excluding hydrogens is 1100 g/mol. The first-order valence-corrected chi connectivity index (χ1v) is 29.8. The summed E-state index contributed by atoms with van der Waals surface area (Å²) in [6.07, 6.45) is 5.17. The summed E-state index contributed by atoms with van der Waals surface area (Å²) in [5.41, 5.74) is 6.26. The molecule has 84 heavy (non-hydrogen) atoms. The number of unbranched alkanes of at least 4 members (excludes halogenated alkanes) is 1. The molecule has 0 saturated carbocycles. The Morgan fingerprint density at radius 2 is 1.27 bits per heavy atom. The van der Waals surface area contributed by atoms with Gasteiger partial charge in [-0.1, -0.05) is 115 Å². The summed E-state index contributed by atoms with van der Waals surface area (Å²) in [4.78, 5) is 109. The van der Waals surface area contributed by atoms with Gasteiger partial charge in [-0.3, -0.25) is 43.3 Å². The summed E-state index contributed by atoms with van der Waals surface area (Å²) in [6.45, 7) is 16.1. The predicted molar refractivity (Wildman–Crippen MR) is 319 cm³/mol. The number of sulfonamides is 1. The molecule has 0 bridgehead atoms. The number of amides is 8. The van der Waals surface area contributed by atoms with Crippen molar-refractivity contribution in [3.05, 3.63) is 120 Å². The molecule has 1 heterocycles. The zero-order valence-electron chi connectivity index (χ0n) is 50.2. The van der Waals surface area contributed by atoms with Gasteiger partial charge < -0.3 is 51.4 Å². The SMILES string of the molecule is CN[C@H](C(=O)N[C@H](C(=O)N(C)[C@H](/C=C(\C)C(=O)NS(=O)(=O)c1ccc(NC(=O)[C@H](CCCCN)NC(=O)[C@H](Cc2ccccc2)NC(=O)CCOCCOCCOCCN2C(=O)C=CC2=O)cc1)C(C)C)C(C)(C)C)C(C)(C)c1ccccc1. The van der Waals surface area contributed by atoms with Gasteiger partial charge in [-0.05, 0) is 86.5 Å². The minimum atomic E-state index is -4.47. The lowest BCUT2D eigenvalue weighted by Gasteiger charge is -2.40. The van der Waals surface area contributed by atoms with Crippen LogP contribution >= 0.6 is 0 Å². The monoisotopic (exact) mass is 1190 g/mol. The third kappa shape index (κ3) is 21.5.